The van der Waals surface area contributed by atoms with Crippen molar-refractivity contribution < 1.29 is 0 Å². The summed E-state index contributed by atoms with van der Waals surface area (Å²) in [6.45, 7) is 2.38. The fraction of sp³-hybridized carbons (Fsp3) is 0.0952. The fourth-order valence-electron chi connectivity index (χ4n) is 3.39. The molecule has 0 aliphatic heterocycles. The number of rotatable bonds is 4. The van der Waals surface area contributed by atoms with Gasteiger partial charge in [0, 0.05) is 7.05 Å². The first-order chi connectivity index (χ1) is 12.7. The van der Waals surface area contributed by atoms with Crippen LogP contribution in [-0.4, -0.2) is 26.9 Å². The Morgan fingerprint density at radius 2 is 1.27 bits per heavy atom. The smallest absolute Gasteiger partial charge is 0.185 e. The zero-order valence-electron chi connectivity index (χ0n) is 14.8. The Balaban J connectivity index is 2.02. The van der Waals surface area contributed by atoms with Crippen molar-refractivity contribution in [2.24, 2.45) is 7.05 Å². The van der Waals surface area contributed by atoms with Crippen LogP contribution in [-0.2, 0) is 7.05 Å². The molecule has 0 fully saturated rings. The van der Waals surface area contributed by atoms with Crippen LogP contribution in [0, 0.1) is 0 Å². The molecule has 0 saturated heterocycles. The number of aromatic nitrogens is 4. The Morgan fingerprint density at radius 3 is 1.81 bits per heavy atom. The molecule has 0 aliphatic carbocycles. The Kier molecular flexibility index (Phi) is 4.36. The van der Waals surface area contributed by atoms with Crippen molar-refractivity contribution in [2.45, 2.75) is 0 Å². The van der Waals surface area contributed by atoms with Crippen molar-refractivity contribution in [3.8, 4) is 11.4 Å². The first-order valence-corrected chi connectivity index (χ1v) is 10.7. The van der Waals surface area contributed by atoms with Gasteiger partial charge in [-0.2, -0.15) is 0 Å². The molecule has 4 nitrogen and oxygen atoms in total. The number of hydrogen-bond donors (Lipinski definition) is 0. The van der Waals surface area contributed by atoms with Crippen LogP contribution in [0.5, 0.6) is 0 Å². The van der Waals surface area contributed by atoms with Crippen molar-refractivity contribution in [1.29, 1.82) is 0 Å². The Bertz CT molecular complexity index is 973. The lowest BCUT2D eigenvalue weighted by Gasteiger charge is -2.24. The molecule has 0 N–H and O–H groups in total. The van der Waals surface area contributed by atoms with Crippen molar-refractivity contribution in [2.75, 3.05) is 6.66 Å². The van der Waals surface area contributed by atoms with Crippen LogP contribution in [0.2, 0.25) is 0 Å². The summed E-state index contributed by atoms with van der Waals surface area (Å²) in [7, 11) is 0.0480. The molecule has 128 valence electrons. The van der Waals surface area contributed by atoms with Crippen LogP contribution in [0.1, 0.15) is 0 Å². The van der Waals surface area contributed by atoms with Gasteiger partial charge in [0.05, 0.1) is 12.2 Å². The summed E-state index contributed by atoms with van der Waals surface area (Å²) in [5.41, 5.74) is 1.09. The summed E-state index contributed by atoms with van der Waals surface area (Å²) in [6, 6.07) is 30.0. The molecule has 0 radical (unpaired) electrons. The average Bonchev–Trinajstić information content (AvgIpc) is 3.14. The first-order valence-electron chi connectivity index (χ1n) is 8.51. The van der Waals surface area contributed by atoms with Gasteiger partial charge in [-0.1, -0.05) is 48.5 Å². The van der Waals surface area contributed by atoms with Gasteiger partial charge in [-0.25, -0.2) is 4.68 Å². The predicted molar refractivity (Wildman–Crippen MR) is 109 cm³/mol. The minimum Gasteiger partial charge on any atom is -0.228 e. The quantitative estimate of drug-likeness (QED) is 0.526. The van der Waals surface area contributed by atoms with E-state index in [4.69, 9.17) is 0 Å². The molecule has 4 rings (SSSR count). The van der Waals surface area contributed by atoms with Crippen LogP contribution < -0.4 is 15.9 Å². The summed E-state index contributed by atoms with van der Waals surface area (Å²) in [5.74, 6) is 0.790. The molecular formula is C21H20N4P+. The van der Waals surface area contributed by atoms with E-state index in [9.17, 15) is 0 Å². The van der Waals surface area contributed by atoms with E-state index in [-0.39, 0.29) is 0 Å². The van der Waals surface area contributed by atoms with Gasteiger partial charge in [0.25, 0.3) is 0 Å². The monoisotopic (exact) mass is 359 g/mol. The van der Waals surface area contributed by atoms with E-state index in [0.717, 1.165) is 11.4 Å². The van der Waals surface area contributed by atoms with Crippen molar-refractivity contribution >= 4 is 23.2 Å². The molecule has 26 heavy (non-hydrogen) atoms. The molecule has 0 aliphatic rings. The molecule has 4 aromatic rings. The maximum Gasteiger partial charge on any atom is 0.185 e. The minimum atomic E-state index is -1.83. The molecule has 0 amide bonds. The van der Waals surface area contributed by atoms with Gasteiger partial charge in [0.2, 0.25) is 0 Å². The lowest BCUT2D eigenvalue weighted by atomic mass is 10.2. The minimum absolute atomic E-state index is 0.790. The molecule has 0 spiro atoms. The van der Waals surface area contributed by atoms with Gasteiger partial charge in [-0.05, 0) is 46.8 Å². The maximum absolute atomic E-state index is 4.27. The van der Waals surface area contributed by atoms with Gasteiger partial charge in [0.15, 0.2) is 5.82 Å². The third kappa shape index (κ3) is 2.73. The summed E-state index contributed by atoms with van der Waals surface area (Å²) in [5, 5.41) is 16.1. The lowest BCUT2D eigenvalue weighted by Crippen LogP contribution is -2.31. The lowest BCUT2D eigenvalue weighted by molar-refractivity contribution is 0.715. The maximum atomic E-state index is 4.27. The first kappa shape index (κ1) is 16.6. The molecule has 1 heterocycles. The predicted octanol–water partition coefficient (Wildman–Crippen LogP) is 2.80. The van der Waals surface area contributed by atoms with Crippen molar-refractivity contribution in [3.05, 3.63) is 84.9 Å². The van der Waals surface area contributed by atoms with Gasteiger partial charge < -0.3 is 0 Å². The second-order valence-electron chi connectivity index (χ2n) is 6.32. The zero-order chi connectivity index (χ0) is 18.0. The normalized spacial score (nSPS) is 11.5. The molecular weight excluding hydrogens is 339 g/mol. The van der Waals surface area contributed by atoms with Crippen LogP contribution in [0.25, 0.3) is 11.4 Å². The second-order valence-corrected chi connectivity index (χ2v) is 9.85. The summed E-state index contributed by atoms with van der Waals surface area (Å²) in [6.07, 6.45) is 0. The largest absolute Gasteiger partial charge is 0.228 e. The van der Waals surface area contributed by atoms with Gasteiger partial charge >= 0.3 is 0 Å². The van der Waals surface area contributed by atoms with Crippen molar-refractivity contribution in [1.82, 2.24) is 20.2 Å². The molecule has 0 bridgehead atoms. The van der Waals surface area contributed by atoms with Crippen LogP contribution >= 0.6 is 7.26 Å². The average molecular weight is 359 g/mol. The van der Waals surface area contributed by atoms with E-state index >= 15 is 0 Å². The summed E-state index contributed by atoms with van der Waals surface area (Å²) < 4.78 is 1.74. The Hall–Kier alpha value is -2.84. The summed E-state index contributed by atoms with van der Waals surface area (Å²) in [4.78, 5) is 0. The molecule has 0 unspecified atom stereocenters. The summed E-state index contributed by atoms with van der Waals surface area (Å²) >= 11 is 0. The van der Waals surface area contributed by atoms with E-state index in [1.54, 1.807) is 4.68 Å². The molecule has 5 heteroatoms. The zero-order valence-corrected chi connectivity index (χ0v) is 15.7. The van der Waals surface area contributed by atoms with Crippen LogP contribution in [0.3, 0.4) is 0 Å². The topological polar surface area (TPSA) is 43.6 Å². The van der Waals surface area contributed by atoms with E-state index in [2.05, 4.69) is 101 Å². The van der Waals surface area contributed by atoms with Gasteiger partial charge in [-0.3, -0.25) is 0 Å². The molecule has 0 saturated carbocycles. The van der Waals surface area contributed by atoms with E-state index < -0.39 is 7.26 Å². The fourth-order valence-corrected chi connectivity index (χ4v) is 6.82. The van der Waals surface area contributed by atoms with Crippen LogP contribution in [0.4, 0.5) is 0 Å². The highest BCUT2D eigenvalue weighted by atomic mass is 31.2. The third-order valence-corrected chi connectivity index (χ3v) is 8.81. The SMILES string of the molecule is Cn1nnnc1-c1ccccc1[P+](C)(c1ccccc1)c1ccccc1. The highest BCUT2D eigenvalue weighted by Gasteiger charge is 2.42. The van der Waals surface area contributed by atoms with E-state index in [1.165, 1.54) is 15.9 Å². The Labute approximate surface area is 153 Å². The number of hydrogen-bond acceptors (Lipinski definition) is 3. The third-order valence-electron chi connectivity index (χ3n) is 4.79. The highest BCUT2D eigenvalue weighted by molar-refractivity contribution is 7.95. The highest BCUT2D eigenvalue weighted by Crippen LogP contribution is 2.53. The second kappa shape index (κ2) is 6.81. The standard InChI is InChI=1S/C21H20N4P/c1-25-21(22-23-24-25)19-15-9-10-16-20(19)26(2,17-11-5-3-6-12-17)18-13-7-4-8-14-18/h3-16H,1-2H3/q+1. The number of nitrogens with zero attached hydrogens (tertiary/aromatic N) is 4. The van der Waals surface area contributed by atoms with E-state index in [0.29, 0.717) is 0 Å². The van der Waals surface area contributed by atoms with Gasteiger partial charge in [0.1, 0.15) is 23.2 Å². The molecule has 1 aromatic heterocycles. The van der Waals surface area contributed by atoms with Gasteiger partial charge in [-0.15, -0.1) is 5.10 Å². The molecule has 3 aromatic carbocycles. The number of benzene rings is 3. The van der Waals surface area contributed by atoms with Crippen LogP contribution in [0.15, 0.2) is 84.9 Å². The Morgan fingerprint density at radius 1 is 0.731 bits per heavy atom. The van der Waals surface area contributed by atoms with E-state index in [1.807, 2.05) is 13.1 Å². The number of aryl methyl sites for hydroxylation is 1. The molecule has 0 atom stereocenters. The number of tetrazole rings is 1. The van der Waals surface area contributed by atoms with Crippen molar-refractivity contribution in [3.63, 3.8) is 0 Å².